The summed E-state index contributed by atoms with van der Waals surface area (Å²) in [7, 11) is 0. The highest BCUT2D eigenvalue weighted by atomic mass is 32.1. The largest absolute Gasteiger partial charge is 0.456 e. The van der Waals surface area contributed by atoms with Crippen molar-refractivity contribution in [1.29, 1.82) is 0 Å². The molecule has 0 aliphatic carbocycles. The Balaban J connectivity index is 2.49. The van der Waals surface area contributed by atoms with Gasteiger partial charge in [0, 0.05) is 5.56 Å². The normalized spacial score (nSPS) is 11.2. The predicted molar refractivity (Wildman–Crippen MR) is 92.3 cm³/mol. The summed E-state index contributed by atoms with van der Waals surface area (Å²) in [6.45, 7) is 8.52. The van der Waals surface area contributed by atoms with Gasteiger partial charge in [0.15, 0.2) is 0 Å². The first-order chi connectivity index (χ1) is 9.79. The van der Waals surface area contributed by atoms with Gasteiger partial charge in [-0.3, -0.25) is 0 Å². The van der Waals surface area contributed by atoms with Crippen LogP contribution in [0.25, 0.3) is 0 Å². The third-order valence-electron chi connectivity index (χ3n) is 3.32. The van der Waals surface area contributed by atoms with E-state index in [1.165, 1.54) is 0 Å². The number of hydrogen-bond acceptors (Lipinski definition) is 2. The fourth-order valence-electron chi connectivity index (χ4n) is 2.21. The third kappa shape index (κ3) is 3.61. The fourth-order valence-corrected chi connectivity index (χ4v) is 2.38. The van der Waals surface area contributed by atoms with E-state index in [9.17, 15) is 0 Å². The lowest BCUT2D eigenvalue weighted by atomic mass is 9.86. The van der Waals surface area contributed by atoms with Crippen molar-refractivity contribution >= 4 is 17.2 Å². The molecule has 2 nitrogen and oxygen atoms in total. The summed E-state index contributed by atoms with van der Waals surface area (Å²) in [5.74, 6) is 1.55. The standard InChI is InChI=1S/C18H21NOS/c1-12-9-10-13(17(19)21)16(11-12)20-15-8-6-5-7-14(15)18(2,3)4/h5-11H,1-4H3,(H2,19,21). The van der Waals surface area contributed by atoms with Crippen LogP contribution in [0.3, 0.4) is 0 Å². The molecule has 0 aromatic heterocycles. The number of hydrogen-bond donors (Lipinski definition) is 1. The summed E-state index contributed by atoms with van der Waals surface area (Å²) in [5, 5.41) is 0. The van der Waals surface area contributed by atoms with Gasteiger partial charge in [0.05, 0.1) is 5.56 Å². The third-order valence-corrected chi connectivity index (χ3v) is 3.54. The van der Waals surface area contributed by atoms with Crippen molar-refractivity contribution in [3.63, 3.8) is 0 Å². The van der Waals surface area contributed by atoms with Crippen LogP contribution >= 0.6 is 12.2 Å². The van der Waals surface area contributed by atoms with Gasteiger partial charge >= 0.3 is 0 Å². The van der Waals surface area contributed by atoms with Crippen LogP contribution in [0, 0.1) is 6.92 Å². The molecule has 3 heteroatoms. The van der Waals surface area contributed by atoms with Crippen molar-refractivity contribution in [2.75, 3.05) is 0 Å². The van der Waals surface area contributed by atoms with E-state index in [1.807, 2.05) is 43.3 Å². The van der Waals surface area contributed by atoms with Gasteiger partial charge in [-0.1, -0.05) is 57.3 Å². The first-order valence-electron chi connectivity index (χ1n) is 6.97. The van der Waals surface area contributed by atoms with Crippen molar-refractivity contribution < 1.29 is 4.74 Å². The molecule has 2 rings (SSSR count). The lowest BCUT2D eigenvalue weighted by Crippen LogP contribution is -2.14. The smallest absolute Gasteiger partial charge is 0.137 e. The summed E-state index contributed by atoms with van der Waals surface area (Å²) in [4.78, 5) is 0.346. The molecule has 0 amide bonds. The molecule has 0 bridgehead atoms. The molecule has 0 saturated carbocycles. The highest BCUT2D eigenvalue weighted by Gasteiger charge is 2.19. The van der Waals surface area contributed by atoms with E-state index in [2.05, 4.69) is 26.8 Å². The zero-order valence-corrected chi connectivity index (χ0v) is 13.8. The second-order valence-electron chi connectivity index (χ2n) is 6.21. The Morgan fingerprint density at radius 2 is 1.71 bits per heavy atom. The van der Waals surface area contributed by atoms with E-state index < -0.39 is 0 Å². The highest BCUT2D eigenvalue weighted by Crippen LogP contribution is 2.35. The van der Waals surface area contributed by atoms with Crippen molar-refractivity contribution in [3.8, 4) is 11.5 Å². The first kappa shape index (κ1) is 15.5. The van der Waals surface area contributed by atoms with E-state index in [1.54, 1.807) is 0 Å². The van der Waals surface area contributed by atoms with E-state index >= 15 is 0 Å². The Hall–Kier alpha value is -1.87. The minimum absolute atomic E-state index is 0.00378. The topological polar surface area (TPSA) is 35.2 Å². The van der Waals surface area contributed by atoms with Crippen LogP contribution in [0.1, 0.15) is 37.5 Å². The van der Waals surface area contributed by atoms with E-state index in [-0.39, 0.29) is 5.41 Å². The van der Waals surface area contributed by atoms with Gasteiger partial charge in [0.25, 0.3) is 0 Å². The van der Waals surface area contributed by atoms with Gasteiger partial charge < -0.3 is 10.5 Å². The van der Waals surface area contributed by atoms with Crippen LogP contribution < -0.4 is 10.5 Å². The quantitative estimate of drug-likeness (QED) is 0.833. The molecule has 0 aliphatic heterocycles. The fraction of sp³-hybridized carbons (Fsp3) is 0.278. The number of benzene rings is 2. The molecule has 110 valence electrons. The van der Waals surface area contributed by atoms with Crippen LogP contribution in [0.4, 0.5) is 0 Å². The molecule has 0 radical (unpaired) electrons. The Morgan fingerprint density at radius 1 is 1.05 bits per heavy atom. The van der Waals surface area contributed by atoms with E-state index in [4.69, 9.17) is 22.7 Å². The lowest BCUT2D eigenvalue weighted by Gasteiger charge is -2.23. The highest BCUT2D eigenvalue weighted by molar-refractivity contribution is 7.80. The lowest BCUT2D eigenvalue weighted by molar-refractivity contribution is 0.454. The number of thiocarbonyl (C=S) groups is 1. The SMILES string of the molecule is Cc1ccc(C(N)=S)c(Oc2ccccc2C(C)(C)C)c1. The average molecular weight is 299 g/mol. The maximum Gasteiger partial charge on any atom is 0.137 e. The second-order valence-corrected chi connectivity index (χ2v) is 6.65. The van der Waals surface area contributed by atoms with Gasteiger partial charge in [-0.25, -0.2) is 0 Å². The van der Waals surface area contributed by atoms with Crippen molar-refractivity contribution in [1.82, 2.24) is 0 Å². The number of para-hydroxylation sites is 1. The number of ether oxygens (including phenoxy) is 1. The van der Waals surface area contributed by atoms with Crippen LogP contribution in [-0.2, 0) is 5.41 Å². The number of aryl methyl sites for hydroxylation is 1. The minimum atomic E-state index is 0.00378. The zero-order valence-electron chi connectivity index (χ0n) is 12.9. The zero-order chi connectivity index (χ0) is 15.6. The average Bonchev–Trinajstić information content (AvgIpc) is 2.37. The molecule has 0 unspecified atom stereocenters. The summed E-state index contributed by atoms with van der Waals surface area (Å²) in [6.07, 6.45) is 0. The van der Waals surface area contributed by atoms with E-state index in [0.717, 1.165) is 22.4 Å². The Morgan fingerprint density at radius 3 is 2.33 bits per heavy atom. The molecule has 0 fully saturated rings. The maximum atomic E-state index is 6.14. The minimum Gasteiger partial charge on any atom is -0.456 e. The summed E-state index contributed by atoms with van der Waals surface area (Å²) < 4.78 is 6.14. The van der Waals surface area contributed by atoms with E-state index in [0.29, 0.717) is 10.7 Å². The molecule has 2 aromatic carbocycles. The molecule has 0 heterocycles. The van der Waals surface area contributed by atoms with Gasteiger partial charge in [-0.2, -0.15) is 0 Å². The maximum absolute atomic E-state index is 6.14. The molecule has 0 saturated heterocycles. The molecule has 0 spiro atoms. The number of rotatable bonds is 3. The first-order valence-corrected chi connectivity index (χ1v) is 7.37. The summed E-state index contributed by atoms with van der Waals surface area (Å²) >= 11 is 5.11. The molecular formula is C18H21NOS. The van der Waals surface area contributed by atoms with Crippen molar-refractivity contribution in [3.05, 3.63) is 59.2 Å². The Labute approximate surface area is 131 Å². The molecular weight excluding hydrogens is 278 g/mol. The second kappa shape index (κ2) is 5.86. The van der Waals surface area contributed by atoms with Crippen molar-refractivity contribution in [2.45, 2.75) is 33.1 Å². The number of nitrogens with two attached hydrogens (primary N) is 1. The molecule has 2 aromatic rings. The Bertz CT molecular complexity index is 671. The van der Waals surface area contributed by atoms with Gasteiger partial charge in [-0.05, 0) is 36.1 Å². The molecule has 0 aliphatic rings. The van der Waals surface area contributed by atoms with Crippen LogP contribution in [0.15, 0.2) is 42.5 Å². The Kier molecular flexibility index (Phi) is 4.33. The molecule has 2 N–H and O–H groups in total. The van der Waals surface area contributed by atoms with Crippen LogP contribution in [-0.4, -0.2) is 4.99 Å². The van der Waals surface area contributed by atoms with Crippen LogP contribution in [0.5, 0.6) is 11.5 Å². The summed E-state index contributed by atoms with van der Waals surface area (Å²) in [5.41, 5.74) is 8.82. The molecule has 0 atom stereocenters. The van der Waals surface area contributed by atoms with Crippen LogP contribution in [0.2, 0.25) is 0 Å². The predicted octanol–water partition coefficient (Wildman–Crippen LogP) is 4.72. The van der Waals surface area contributed by atoms with Crippen molar-refractivity contribution in [2.24, 2.45) is 5.73 Å². The monoisotopic (exact) mass is 299 g/mol. The van der Waals surface area contributed by atoms with Gasteiger partial charge in [-0.15, -0.1) is 0 Å². The summed E-state index contributed by atoms with van der Waals surface area (Å²) in [6, 6.07) is 13.9. The van der Waals surface area contributed by atoms with Gasteiger partial charge in [0.1, 0.15) is 16.5 Å². The van der Waals surface area contributed by atoms with Gasteiger partial charge in [0.2, 0.25) is 0 Å². The molecule has 21 heavy (non-hydrogen) atoms.